The number of nitrogens with two attached hydrogens (primary N) is 2. The van der Waals surface area contributed by atoms with Crippen LogP contribution in [0.5, 0.6) is 0 Å². The zero-order chi connectivity index (χ0) is 17.2. The van der Waals surface area contributed by atoms with E-state index in [1.165, 1.54) is 11.3 Å². The normalized spacial score (nSPS) is 12.1. The van der Waals surface area contributed by atoms with Crippen LogP contribution in [0.2, 0.25) is 0 Å². The second-order valence-electron chi connectivity index (χ2n) is 6.33. The third-order valence-corrected chi connectivity index (χ3v) is 4.45. The Morgan fingerprint density at radius 2 is 1.71 bits per heavy atom. The van der Waals surface area contributed by atoms with Gasteiger partial charge in [-0.1, -0.05) is 24.6 Å². The zero-order valence-corrected chi connectivity index (χ0v) is 14.7. The van der Waals surface area contributed by atoms with Gasteiger partial charge in [0.05, 0.1) is 0 Å². The Morgan fingerprint density at radius 3 is 2.46 bits per heavy atom. The SMILES string of the molecule is CN(c1ccncc1)c1ccccc1CCCC(N)CCCCN. The van der Waals surface area contributed by atoms with Crippen LogP contribution in [-0.2, 0) is 6.42 Å². The van der Waals surface area contributed by atoms with E-state index in [1.54, 1.807) is 0 Å². The van der Waals surface area contributed by atoms with E-state index in [2.05, 4.69) is 41.2 Å². The highest BCUT2D eigenvalue weighted by Crippen LogP contribution is 2.27. The first-order valence-electron chi connectivity index (χ1n) is 8.89. The lowest BCUT2D eigenvalue weighted by Crippen LogP contribution is -2.20. The van der Waals surface area contributed by atoms with Crippen molar-refractivity contribution in [1.82, 2.24) is 4.98 Å². The molecule has 0 aliphatic carbocycles. The Balaban J connectivity index is 1.92. The van der Waals surface area contributed by atoms with Gasteiger partial charge in [-0.25, -0.2) is 0 Å². The minimum atomic E-state index is 0.293. The average Bonchev–Trinajstić information content (AvgIpc) is 2.62. The molecule has 1 heterocycles. The zero-order valence-electron chi connectivity index (χ0n) is 14.7. The average molecular weight is 326 g/mol. The molecule has 24 heavy (non-hydrogen) atoms. The van der Waals surface area contributed by atoms with Crippen molar-refractivity contribution in [3.05, 3.63) is 54.4 Å². The lowest BCUT2D eigenvalue weighted by Gasteiger charge is -2.22. The molecule has 130 valence electrons. The minimum Gasteiger partial charge on any atom is -0.344 e. The van der Waals surface area contributed by atoms with Gasteiger partial charge in [-0.3, -0.25) is 4.98 Å². The van der Waals surface area contributed by atoms with Gasteiger partial charge in [0.2, 0.25) is 0 Å². The summed E-state index contributed by atoms with van der Waals surface area (Å²) >= 11 is 0. The molecule has 4 nitrogen and oxygen atoms in total. The second-order valence-corrected chi connectivity index (χ2v) is 6.33. The molecule has 0 aliphatic rings. The first-order valence-corrected chi connectivity index (χ1v) is 8.89. The molecule has 2 rings (SSSR count). The number of pyridine rings is 1. The second kappa shape index (κ2) is 10.1. The molecule has 0 saturated heterocycles. The van der Waals surface area contributed by atoms with Gasteiger partial charge >= 0.3 is 0 Å². The topological polar surface area (TPSA) is 68.2 Å². The third-order valence-electron chi connectivity index (χ3n) is 4.45. The summed E-state index contributed by atoms with van der Waals surface area (Å²) in [5.74, 6) is 0. The molecular weight excluding hydrogens is 296 g/mol. The van der Waals surface area contributed by atoms with E-state index < -0.39 is 0 Å². The molecule has 0 radical (unpaired) electrons. The molecule has 0 fully saturated rings. The van der Waals surface area contributed by atoms with Crippen molar-refractivity contribution >= 4 is 11.4 Å². The van der Waals surface area contributed by atoms with Crippen molar-refractivity contribution in [2.75, 3.05) is 18.5 Å². The third kappa shape index (κ3) is 5.62. The number of anilines is 2. The van der Waals surface area contributed by atoms with Crippen molar-refractivity contribution in [1.29, 1.82) is 0 Å². The highest BCUT2D eigenvalue weighted by molar-refractivity contribution is 5.65. The number of para-hydroxylation sites is 1. The van der Waals surface area contributed by atoms with E-state index >= 15 is 0 Å². The Bertz CT molecular complexity index is 585. The molecule has 1 atom stereocenters. The predicted molar refractivity (Wildman–Crippen MR) is 103 cm³/mol. The number of aryl methyl sites for hydroxylation is 1. The van der Waals surface area contributed by atoms with E-state index in [-0.39, 0.29) is 0 Å². The molecule has 0 spiro atoms. The van der Waals surface area contributed by atoms with Gasteiger partial charge in [0.1, 0.15) is 0 Å². The van der Waals surface area contributed by atoms with Crippen LogP contribution >= 0.6 is 0 Å². The Labute approximate surface area is 145 Å². The molecule has 1 aromatic heterocycles. The molecule has 4 heteroatoms. The largest absolute Gasteiger partial charge is 0.344 e. The Hall–Kier alpha value is -1.91. The molecule has 1 unspecified atom stereocenters. The quantitative estimate of drug-likeness (QED) is 0.654. The van der Waals surface area contributed by atoms with Crippen LogP contribution in [0.25, 0.3) is 0 Å². The number of hydrogen-bond donors (Lipinski definition) is 2. The van der Waals surface area contributed by atoms with Crippen LogP contribution in [0.15, 0.2) is 48.8 Å². The van der Waals surface area contributed by atoms with Crippen molar-refractivity contribution in [3.63, 3.8) is 0 Å². The van der Waals surface area contributed by atoms with E-state index in [0.29, 0.717) is 6.04 Å². The molecule has 1 aromatic carbocycles. The number of unbranched alkanes of at least 4 members (excludes halogenated alkanes) is 1. The van der Waals surface area contributed by atoms with Crippen LogP contribution in [0, 0.1) is 0 Å². The molecule has 4 N–H and O–H groups in total. The monoisotopic (exact) mass is 326 g/mol. The summed E-state index contributed by atoms with van der Waals surface area (Å²) < 4.78 is 0. The summed E-state index contributed by atoms with van der Waals surface area (Å²) in [7, 11) is 2.10. The van der Waals surface area contributed by atoms with E-state index in [4.69, 9.17) is 11.5 Å². The summed E-state index contributed by atoms with van der Waals surface area (Å²) in [4.78, 5) is 6.32. The summed E-state index contributed by atoms with van der Waals surface area (Å²) in [6, 6.07) is 13.0. The van der Waals surface area contributed by atoms with Crippen LogP contribution in [0.1, 0.15) is 37.7 Å². The highest BCUT2D eigenvalue weighted by atomic mass is 15.1. The summed E-state index contributed by atoms with van der Waals surface area (Å²) in [6.45, 7) is 0.765. The van der Waals surface area contributed by atoms with Gasteiger partial charge in [0, 0.05) is 36.9 Å². The van der Waals surface area contributed by atoms with Crippen molar-refractivity contribution in [2.45, 2.75) is 44.6 Å². The summed E-state index contributed by atoms with van der Waals surface area (Å²) in [6.07, 6.45) is 10.2. The molecule has 0 aliphatic heterocycles. The Kier molecular flexibility index (Phi) is 7.72. The van der Waals surface area contributed by atoms with E-state index in [9.17, 15) is 0 Å². The fourth-order valence-corrected chi connectivity index (χ4v) is 3.01. The van der Waals surface area contributed by atoms with E-state index in [0.717, 1.165) is 50.8 Å². The summed E-state index contributed by atoms with van der Waals surface area (Å²) in [5, 5.41) is 0. The van der Waals surface area contributed by atoms with Crippen molar-refractivity contribution in [2.24, 2.45) is 11.5 Å². The van der Waals surface area contributed by atoms with Crippen molar-refractivity contribution < 1.29 is 0 Å². The van der Waals surface area contributed by atoms with Crippen LogP contribution in [0.3, 0.4) is 0 Å². The maximum atomic E-state index is 6.21. The standard InChI is InChI=1S/C20H30N4/c1-24(19-12-15-23-16-13-19)20-11-3-2-7-17(20)8-6-10-18(22)9-4-5-14-21/h2-3,7,11-13,15-16,18H,4-6,8-10,14,21-22H2,1H3. The van der Waals surface area contributed by atoms with E-state index in [1.807, 2.05) is 24.5 Å². The van der Waals surface area contributed by atoms with Gasteiger partial charge in [-0.2, -0.15) is 0 Å². The lowest BCUT2D eigenvalue weighted by atomic mass is 10.00. The van der Waals surface area contributed by atoms with Crippen LogP contribution < -0.4 is 16.4 Å². The number of aromatic nitrogens is 1. The number of nitrogens with zero attached hydrogens (tertiary/aromatic N) is 2. The number of benzene rings is 1. The molecule has 0 amide bonds. The van der Waals surface area contributed by atoms with Crippen molar-refractivity contribution in [3.8, 4) is 0 Å². The number of rotatable bonds is 10. The maximum absolute atomic E-state index is 6.21. The first-order chi connectivity index (χ1) is 11.7. The van der Waals surface area contributed by atoms with Gasteiger partial charge < -0.3 is 16.4 Å². The fraction of sp³-hybridized carbons (Fsp3) is 0.450. The summed E-state index contributed by atoms with van der Waals surface area (Å²) in [5.41, 5.74) is 15.5. The smallest absolute Gasteiger partial charge is 0.0440 e. The molecule has 2 aromatic rings. The lowest BCUT2D eigenvalue weighted by molar-refractivity contribution is 0.518. The molecule has 0 bridgehead atoms. The predicted octanol–water partition coefficient (Wildman–Crippen LogP) is 3.63. The highest BCUT2D eigenvalue weighted by Gasteiger charge is 2.09. The van der Waals surface area contributed by atoms with Crippen LogP contribution in [-0.4, -0.2) is 24.6 Å². The van der Waals surface area contributed by atoms with Gasteiger partial charge in [0.15, 0.2) is 0 Å². The minimum absolute atomic E-state index is 0.293. The van der Waals surface area contributed by atoms with Gasteiger partial charge in [-0.05, 0) is 62.4 Å². The Morgan fingerprint density at radius 1 is 1.00 bits per heavy atom. The molecular formula is C20H30N4. The van der Waals surface area contributed by atoms with Gasteiger partial charge in [0.25, 0.3) is 0 Å². The fourth-order valence-electron chi connectivity index (χ4n) is 3.01. The maximum Gasteiger partial charge on any atom is 0.0440 e. The first kappa shape index (κ1) is 18.4. The van der Waals surface area contributed by atoms with Gasteiger partial charge in [-0.15, -0.1) is 0 Å². The molecule has 0 saturated carbocycles. The number of hydrogen-bond acceptors (Lipinski definition) is 4. The van der Waals surface area contributed by atoms with Crippen LogP contribution in [0.4, 0.5) is 11.4 Å².